The summed E-state index contributed by atoms with van der Waals surface area (Å²) in [6, 6.07) is 13.8. The van der Waals surface area contributed by atoms with E-state index in [1.807, 2.05) is 54.0 Å². The Morgan fingerprint density at radius 1 is 1.25 bits per heavy atom. The van der Waals surface area contributed by atoms with E-state index in [-0.39, 0.29) is 0 Å². The van der Waals surface area contributed by atoms with E-state index >= 15 is 0 Å². The summed E-state index contributed by atoms with van der Waals surface area (Å²) in [6.45, 7) is 0. The molecule has 0 spiro atoms. The van der Waals surface area contributed by atoms with Gasteiger partial charge < -0.3 is 5.11 Å². The zero-order chi connectivity index (χ0) is 13.9. The Labute approximate surface area is 129 Å². The first-order valence-electron chi connectivity index (χ1n) is 6.24. The Morgan fingerprint density at radius 2 is 2.05 bits per heavy atom. The Kier molecular flexibility index (Phi) is 4.00. The summed E-state index contributed by atoms with van der Waals surface area (Å²) in [6.07, 6.45) is 1.88. The van der Waals surface area contributed by atoms with Gasteiger partial charge >= 0.3 is 0 Å². The predicted molar refractivity (Wildman–Crippen MR) is 84.2 cm³/mol. The lowest BCUT2D eigenvalue weighted by molar-refractivity contribution is 0.174. The van der Waals surface area contributed by atoms with Crippen molar-refractivity contribution in [1.82, 2.24) is 9.78 Å². The van der Waals surface area contributed by atoms with E-state index in [0.29, 0.717) is 12.1 Å². The maximum absolute atomic E-state index is 10.3. The van der Waals surface area contributed by atoms with Gasteiger partial charge in [0.25, 0.3) is 0 Å². The van der Waals surface area contributed by atoms with Gasteiger partial charge in [0.15, 0.2) is 0 Å². The van der Waals surface area contributed by atoms with Crippen molar-refractivity contribution in [1.29, 1.82) is 0 Å². The third-order valence-electron chi connectivity index (χ3n) is 2.99. The maximum Gasteiger partial charge on any atom is 0.103 e. The van der Waals surface area contributed by atoms with Crippen LogP contribution in [0.1, 0.15) is 16.7 Å². The lowest BCUT2D eigenvalue weighted by Gasteiger charge is -2.06. The van der Waals surface area contributed by atoms with E-state index < -0.39 is 6.10 Å². The molecule has 2 heterocycles. The van der Waals surface area contributed by atoms with Crippen LogP contribution in [-0.2, 0) is 6.42 Å². The number of nitrogens with zero attached hydrogens (tertiary/aromatic N) is 2. The SMILES string of the molecule is OC(Cc1cc(Br)cs1)c1ccn(-c2ccccc2)n1. The Bertz CT molecular complexity index is 693. The minimum absolute atomic E-state index is 0.578. The highest BCUT2D eigenvalue weighted by Gasteiger charge is 2.13. The molecular formula is C15H13BrN2OS. The molecule has 20 heavy (non-hydrogen) atoms. The van der Waals surface area contributed by atoms with Crippen LogP contribution in [0.2, 0.25) is 0 Å². The fourth-order valence-electron chi connectivity index (χ4n) is 2.00. The predicted octanol–water partition coefficient (Wildman–Crippen LogP) is 3.97. The van der Waals surface area contributed by atoms with Gasteiger partial charge in [-0.2, -0.15) is 5.10 Å². The zero-order valence-corrected chi connectivity index (χ0v) is 13.0. The maximum atomic E-state index is 10.3. The number of para-hydroxylation sites is 1. The molecule has 0 bridgehead atoms. The van der Waals surface area contributed by atoms with E-state index in [0.717, 1.165) is 15.0 Å². The van der Waals surface area contributed by atoms with E-state index in [2.05, 4.69) is 21.0 Å². The molecule has 1 unspecified atom stereocenters. The van der Waals surface area contributed by atoms with Gasteiger partial charge in [-0.1, -0.05) is 18.2 Å². The van der Waals surface area contributed by atoms with Crippen LogP contribution in [0, 0.1) is 0 Å². The number of benzene rings is 1. The first kappa shape index (κ1) is 13.5. The van der Waals surface area contributed by atoms with E-state index in [1.54, 1.807) is 16.0 Å². The number of rotatable bonds is 4. The van der Waals surface area contributed by atoms with Crippen molar-refractivity contribution in [2.24, 2.45) is 0 Å². The topological polar surface area (TPSA) is 38.0 Å². The van der Waals surface area contributed by atoms with Crippen molar-refractivity contribution in [3.63, 3.8) is 0 Å². The van der Waals surface area contributed by atoms with Crippen molar-refractivity contribution in [2.75, 3.05) is 0 Å². The molecule has 3 rings (SSSR count). The summed E-state index contributed by atoms with van der Waals surface area (Å²) in [7, 11) is 0. The van der Waals surface area contributed by atoms with Crippen LogP contribution in [0.3, 0.4) is 0 Å². The number of aliphatic hydroxyl groups excluding tert-OH is 1. The monoisotopic (exact) mass is 348 g/mol. The van der Waals surface area contributed by atoms with E-state index in [9.17, 15) is 5.11 Å². The van der Waals surface area contributed by atoms with E-state index in [1.165, 1.54) is 0 Å². The van der Waals surface area contributed by atoms with Gasteiger partial charge in [0, 0.05) is 27.3 Å². The summed E-state index contributed by atoms with van der Waals surface area (Å²) in [5, 5.41) is 16.7. The standard InChI is InChI=1S/C15H13BrN2OS/c16-11-8-13(20-10-11)9-15(19)14-6-7-18(17-14)12-4-2-1-3-5-12/h1-8,10,15,19H,9H2. The second-order valence-corrected chi connectivity index (χ2v) is 6.38. The number of hydrogen-bond donors (Lipinski definition) is 1. The highest BCUT2D eigenvalue weighted by Crippen LogP contribution is 2.25. The molecule has 0 radical (unpaired) electrons. The van der Waals surface area contributed by atoms with Gasteiger partial charge in [-0.15, -0.1) is 11.3 Å². The average Bonchev–Trinajstić information content (AvgIpc) is 3.09. The minimum atomic E-state index is -0.578. The normalized spacial score (nSPS) is 12.5. The summed E-state index contributed by atoms with van der Waals surface area (Å²) < 4.78 is 2.84. The van der Waals surface area contributed by atoms with Crippen molar-refractivity contribution >= 4 is 27.3 Å². The fourth-order valence-corrected chi connectivity index (χ4v) is 3.49. The number of hydrogen-bond acceptors (Lipinski definition) is 3. The number of thiophene rings is 1. The molecule has 0 aliphatic rings. The molecule has 3 aromatic rings. The molecule has 0 saturated carbocycles. The van der Waals surface area contributed by atoms with Crippen LogP contribution >= 0.6 is 27.3 Å². The molecule has 2 aromatic heterocycles. The number of halogens is 1. The number of aromatic nitrogens is 2. The van der Waals surface area contributed by atoms with Crippen LogP contribution in [0.5, 0.6) is 0 Å². The summed E-state index contributed by atoms with van der Waals surface area (Å²) >= 11 is 5.06. The quantitative estimate of drug-likeness (QED) is 0.774. The molecule has 0 fully saturated rings. The fraction of sp³-hybridized carbons (Fsp3) is 0.133. The molecule has 0 saturated heterocycles. The van der Waals surface area contributed by atoms with Gasteiger partial charge in [-0.05, 0) is 40.2 Å². The molecule has 0 aliphatic heterocycles. The van der Waals surface area contributed by atoms with Crippen LogP contribution in [0.15, 0.2) is 58.5 Å². The highest BCUT2D eigenvalue weighted by molar-refractivity contribution is 9.10. The second-order valence-electron chi connectivity index (χ2n) is 4.47. The third-order valence-corrected chi connectivity index (χ3v) is 4.71. The zero-order valence-electron chi connectivity index (χ0n) is 10.6. The van der Waals surface area contributed by atoms with Gasteiger partial charge in [0.2, 0.25) is 0 Å². The molecule has 1 atom stereocenters. The molecule has 1 aromatic carbocycles. The summed E-state index contributed by atoms with van der Waals surface area (Å²) in [5.41, 5.74) is 1.68. The van der Waals surface area contributed by atoms with Crippen molar-refractivity contribution < 1.29 is 5.11 Å². The Balaban J connectivity index is 1.76. The third kappa shape index (κ3) is 3.00. The van der Waals surface area contributed by atoms with Crippen molar-refractivity contribution in [3.05, 3.63) is 69.1 Å². The molecule has 102 valence electrons. The lowest BCUT2D eigenvalue weighted by atomic mass is 10.2. The Hall–Kier alpha value is -1.43. The average molecular weight is 349 g/mol. The summed E-state index contributed by atoms with van der Waals surface area (Å²) in [4.78, 5) is 1.14. The minimum Gasteiger partial charge on any atom is -0.386 e. The molecular weight excluding hydrogens is 336 g/mol. The van der Waals surface area contributed by atoms with E-state index in [4.69, 9.17) is 0 Å². The van der Waals surface area contributed by atoms with Crippen molar-refractivity contribution in [2.45, 2.75) is 12.5 Å². The molecule has 3 nitrogen and oxygen atoms in total. The van der Waals surface area contributed by atoms with Gasteiger partial charge in [-0.25, -0.2) is 4.68 Å². The Morgan fingerprint density at radius 3 is 2.75 bits per heavy atom. The van der Waals surface area contributed by atoms with Crippen LogP contribution in [0.4, 0.5) is 0 Å². The van der Waals surface area contributed by atoms with Gasteiger partial charge in [0.1, 0.15) is 6.10 Å². The lowest BCUT2D eigenvalue weighted by Crippen LogP contribution is -2.03. The smallest absolute Gasteiger partial charge is 0.103 e. The highest BCUT2D eigenvalue weighted by atomic mass is 79.9. The molecule has 0 amide bonds. The van der Waals surface area contributed by atoms with Crippen LogP contribution in [0.25, 0.3) is 5.69 Å². The van der Waals surface area contributed by atoms with Crippen molar-refractivity contribution in [3.8, 4) is 5.69 Å². The summed E-state index contributed by atoms with van der Waals surface area (Å²) in [5.74, 6) is 0. The largest absolute Gasteiger partial charge is 0.386 e. The first-order chi connectivity index (χ1) is 9.72. The molecule has 5 heteroatoms. The van der Waals surface area contributed by atoms with Gasteiger partial charge in [-0.3, -0.25) is 0 Å². The second kappa shape index (κ2) is 5.91. The molecule has 1 N–H and O–H groups in total. The van der Waals surface area contributed by atoms with Crippen LogP contribution in [-0.4, -0.2) is 14.9 Å². The van der Waals surface area contributed by atoms with Gasteiger partial charge in [0.05, 0.1) is 11.4 Å². The number of aliphatic hydroxyl groups is 1. The first-order valence-corrected chi connectivity index (χ1v) is 7.91. The molecule has 0 aliphatic carbocycles. The van der Waals surface area contributed by atoms with Crippen LogP contribution < -0.4 is 0 Å².